The van der Waals surface area contributed by atoms with Gasteiger partial charge in [-0.15, -0.1) is 0 Å². The standard InChI is InChI=1S/C13H19N5OS/c1-8-12(9(2)18(3)16-8)13-11(4-5-19-13)14-6-10-7-15-20-17-10/h7,11,13-14H,4-6H2,1-3H3/t11-,13-/m1/s1. The molecule has 0 aliphatic carbocycles. The largest absolute Gasteiger partial charge is 0.372 e. The maximum absolute atomic E-state index is 5.95. The van der Waals surface area contributed by atoms with Crippen LogP contribution in [0.4, 0.5) is 0 Å². The fourth-order valence-electron chi connectivity index (χ4n) is 2.78. The second kappa shape index (κ2) is 5.59. The lowest BCUT2D eigenvalue weighted by Crippen LogP contribution is -2.31. The molecule has 3 rings (SSSR count). The van der Waals surface area contributed by atoms with Crippen LogP contribution in [0.15, 0.2) is 6.20 Å². The molecule has 0 aromatic carbocycles. The van der Waals surface area contributed by atoms with Gasteiger partial charge in [-0.1, -0.05) is 0 Å². The first-order valence-corrected chi connectivity index (χ1v) is 7.51. The Labute approximate surface area is 122 Å². The van der Waals surface area contributed by atoms with Crippen LogP contribution in [0.3, 0.4) is 0 Å². The molecule has 1 N–H and O–H groups in total. The van der Waals surface area contributed by atoms with Gasteiger partial charge in [0.15, 0.2) is 0 Å². The van der Waals surface area contributed by atoms with Gasteiger partial charge in [0, 0.05) is 37.5 Å². The van der Waals surface area contributed by atoms with E-state index >= 15 is 0 Å². The van der Waals surface area contributed by atoms with Gasteiger partial charge in [0.25, 0.3) is 0 Å². The predicted molar refractivity (Wildman–Crippen MR) is 76.5 cm³/mol. The normalized spacial score (nSPS) is 22.6. The summed E-state index contributed by atoms with van der Waals surface area (Å²) in [5, 5.41) is 8.03. The topological polar surface area (TPSA) is 64.9 Å². The number of hydrogen-bond donors (Lipinski definition) is 1. The van der Waals surface area contributed by atoms with Gasteiger partial charge in [-0.05, 0) is 20.3 Å². The van der Waals surface area contributed by atoms with Gasteiger partial charge >= 0.3 is 0 Å². The highest BCUT2D eigenvalue weighted by molar-refractivity contribution is 6.99. The smallest absolute Gasteiger partial charge is 0.101 e. The van der Waals surface area contributed by atoms with Gasteiger partial charge in [0.05, 0.1) is 29.3 Å². The van der Waals surface area contributed by atoms with Crippen molar-refractivity contribution in [1.82, 2.24) is 23.8 Å². The third-order valence-corrected chi connectivity index (χ3v) is 4.41. The summed E-state index contributed by atoms with van der Waals surface area (Å²) in [6.45, 7) is 5.66. The van der Waals surface area contributed by atoms with E-state index in [-0.39, 0.29) is 6.10 Å². The summed E-state index contributed by atoms with van der Waals surface area (Å²) in [5.74, 6) is 0. The lowest BCUT2D eigenvalue weighted by molar-refractivity contribution is 0.0974. The number of aryl methyl sites for hydroxylation is 2. The van der Waals surface area contributed by atoms with E-state index in [1.165, 1.54) is 23.0 Å². The zero-order chi connectivity index (χ0) is 14.1. The zero-order valence-corrected chi connectivity index (χ0v) is 12.8. The fraction of sp³-hybridized carbons (Fsp3) is 0.615. The molecule has 7 heteroatoms. The van der Waals surface area contributed by atoms with E-state index in [2.05, 4.69) is 26.1 Å². The molecule has 3 heterocycles. The lowest BCUT2D eigenvalue weighted by atomic mass is 10.0. The highest BCUT2D eigenvalue weighted by Crippen LogP contribution is 2.33. The molecule has 2 aromatic rings. The van der Waals surface area contributed by atoms with E-state index in [1.807, 2.05) is 24.9 Å². The molecule has 0 bridgehead atoms. The molecule has 6 nitrogen and oxygen atoms in total. The second-order valence-corrected chi connectivity index (χ2v) is 5.73. The molecule has 1 aliphatic heterocycles. The molecule has 2 aromatic heterocycles. The Hall–Kier alpha value is -1.31. The van der Waals surface area contributed by atoms with E-state index in [0.29, 0.717) is 6.04 Å². The van der Waals surface area contributed by atoms with Gasteiger partial charge in [-0.25, -0.2) is 0 Å². The maximum atomic E-state index is 5.95. The highest BCUT2D eigenvalue weighted by Gasteiger charge is 2.33. The Morgan fingerprint density at radius 3 is 3.00 bits per heavy atom. The molecule has 0 amide bonds. The van der Waals surface area contributed by atoms with Gasteiger partial charge in [-0.3, -0.25) is 4.68 Å². The monoisotopic (exact) mass is 293 g/mol. The van der Waals surface area contributed by atoms with E-state index in [9.17, 15) is 0 Å². The molecule has 0 saturated carbocycles. The van der Waals surface area contributed by atoms with Crippen molar-refractivity contribution in [3.63, 3.8) is 0 Å². The third-order valence-electron chi connectivity index (χ3n) is 3.89. The minimum atomic E-state index is 0.0790. The van der Waals surface area contributed by atoms with Crippen molar-refractivity contribution >= 4 is 11.7 Å². The van der Waals surface area contributed by atoms with Crippen molar-refractivity contribution in [3.8, 4) is 0 Å². The van der Waals surface area contributed by atoms with Gasteiger partial charge in [0.1, 0.15) is 6.10 Å². The molecule has 20 heavy (non-hydrogen) atoms. The minimum Gasteiger partial charge on any atom is -0.372 e. The van der Waals surface area contributed by atoms with Crippen molar-refractivity contribution in [1.29, 1.82) is 0 Å². The second-order valence-electron chi connectivity index (χ2n) is 5.17. The minimum absolute atomic E-state index is 0.0790. The van der Waals surface area contributed by atoms with Crippen LogP contribution in [0.25, 0.3) is 0 Å². The van der Waals surface area contributed by atoms with Crippen LogP contribution in [0.5, 0.6) is 0 Å². The van der Waals surface area contributed by atoms with Crippen LogP contribution in [0.2, 0.25) is 0 Å². The molecule has 0 radical (unpaired) electrons. The van der Waals surface area contributed by atoms with Crippen molar-refractivity contribution in [3.05, 3.63) is 28.8 Å². The summed E-state index contributed by atoms with van der Waals surface area (Å²) < 4.78 is 16.1. The van der Waals surface area contributed by atoms with Crippen molar-refractivity contribution in [2.75, 3.05) is 6.61 Å². The van der Waals surface area contributed by atoms with Crippen LogP contribution in [-0.4, -0.2) is 31.2 Å². The predicted octanol–water partition coefficient (Wildman–Crippen LogP) is 1.51. The maximum Gasteiger partial charge on any atom is 0.101 e. The first kappa shape index (κ1) is 13.7. The molecule has 1 fully saturated rings. The number of nitrogens with one attached hydrogen (secondary N) is 1. The first-order valence-electron chi connectivity index (χ1n) is 6.78. The number of rotatable bonds is 4. The number of aromatic nitrogens is 4. The van der Waals surface area contributed by atoms with Crippen LogP contribution in [0, 0.1) is 13.8 Å². The molecule has 2 atom stereocenters. The molecule has 0 spiro atoms. The van der Waals surface area contributed by atoms with Crippen LogP contribution >= 0.6 is 11.7 Å². The molecular weight excluding hydrogens is 274 g/mol. The zero-order valence-electron chi connectivity index (χ0n) is 12.0. The van der Waals surface area contributed by atoms with Crippen LogP contribution in [0.1, 0.15) is 35.2 Å². The van der Waals surface area contributed by atoms with Gasteiger partial charge < -0.3 is 10.1 Å². The van der Waals surface area contributed by atoms with Crippen LogP contribution in [-0.2, 0) is 18.3 Å². The Bertz CT molecular complexity index is 580. The van der Waals surface area contributed by atoms with E-state index in [1.54, 1.807) is 0 Å². The Kier molecular flexibility index (Phi) is 3.82. The number of hydrogen-bond acceptors (Lipinski definition) is 6. The summed E-state index contributed by atoms with van der Waals surface area (Å²) in [6.07, 6.45) is 2.90. The van der Waals surface area contributed by atoms with Crippen LogP contribution < -0.4 is 5.32 Å². The van der Waals surface area contributed by atoms with E-state index in [0.717, 1.165) is 31.0 Å². The summed E-state index contributed by atoms with van der Waals surface area (Å²) in [7, 11) is 1.98. The van der Waals surface area contributed by atoms with E-state index in [4.69, 9.17) is 4.74 Å². The molecule has 0 unspecified atom stereocenters. The molecule has 1 saturated heterocycles. The lowest BCUT2D eigenvalue weighted by Gasteiger charge is -2.20. The van der Waals surface area contributed by atoms with Crippen molar-refractivity contribution in [2.24, 2.45) is 7.05 Å². The first-order chi connectivity index (χ1) is 9.66. The van der Waals surface area contributed by atoms with Gasteiger partial charge in [0.2, 0.25) is 0 Å². The van der Waals surface area contributed by atoms with Gasteiger partial charge in [-0.2, -0.15) is 13.8 Å². The third kappa shape index (κ3) is 2.48. The SMILES string of the molecule is Cc1nn(C)c(C)c1[C@@H]1OCC[C@H]1NCc1cnsn1. The summed E-state index contributed by atoms with van der Waals surface area (Å²) in [4.78, 5) is 0. The van der Waals surface area contributed by atoms with Crippen molar-refractivity contribution in [2.45, 2.75) is 39.0 Å². The number of ether oxygens (including phenoxy) is 1. The quantitative estimate of drug-likeness (QED) is 0.925. The Balaban J connectivity index is 1.75. The summed E-state index contributed by atoms with van der Waals surface area (Å²) >= 11 is 1.24. The Morgan fingerprint density at radius 2 is 2.35 bits per heavy atom. The van der Waals surface area contributed by atoms with Crippen molar-refractivity contribution < 1.29 is 4.74 Å². The molecular formula is C13H19N5OS. The fourth-order valence-corrected chi connectivity index (χ4v) is 3.21. The summed E-state index contributed by atoms with van der Waals surface area (Å²) in [5.41, 5.74) is 4.44. The number of nitrogens with zero attached hydrogens (tertiary/aromatic N) is 4. The summed E-state index contributed by atoms with van der Waals surface area (Å²) in [6, 6.07) is 0.304. The average Bonchev–Trinajstić information content (AvgIpc) is 3.10. The highest BCUT2D eigenvalue weighted by atomic mass is 32.1. The van der Waals surface area contributed by atoms with E-state index < -0.39 is 0 Å². The Morgan fingerprint density at radius 1 is 1.50 bits per heavy atom. The molecule has 1 aliphatic rings. The average molecular weight is 293 g/mol. The molecule has 108 valence electrons.